The summed E-state index contributed by atoms with van der Waals surface area (Å²) in [4.78, 5) is 11.6. The Morgan fingerprint density at radius 1 is 1.33 bits per heavy atom. The van der Waals surface area contributed by atoms with Crippen molar-refractivity contribution < 1.29 is 9.90 Å². The first kappa shape index (κ1) is 14.8. The van der Waals surface area contributed by atoms with Crippen molar-refractivity contribution in [3.8, 4) is 0 Å². The highest BCUT2D eigenvalue weighted by Crippen LogP contribution is 2.22. The van der Waals surface area contributed by atoms with Gasteiger partial charge in [0.15, 0.2) is 0 Å². The predicted molar refractivity (Wildman–Crippen MR) is 66.1 cm³/mol. The molecule has 0 spiro atoms. The minimum Gasteiger partial charge on any atom is -0.391 e. The van der Waals surface area contributed by atoms with E-state index in [0.717, 1.165) is 0 Å². The molecule has 0 aromatic rings. The van der Waals surface area contributed by atoms with E-state index >= 15 is 0 Å². The molecule has 0 fully saturated rings. The fourth-order valence-electron chi connectivity index (χ4n) is 0.782. The van der Waals surface area contributed by atoms with Crippen LogP contribution >= 0.6 is 11.8 Å². The largest absolute Gasteiger partial charge is 0.391 e. The highest BCUT2D eigenvalue weighted by molar-refractivity contribution is 8.01. The molecule has 0 bridgehead atoms. The van der Waals surface area contributed by atoms with Crippen LogP contribution in [0.25, 0.3) is 0 Å². The van der Waals surface area contributed by atoms with Gasteiger partial charge in [-0.15, -0.1) is 11.8 Å². The van der Waals surface area contributed by atoms with Gasteiger partial charge in [-0.1, -0.05) is 20.8 Å². The molecule has 0 rings (SSSR count). The van der Waals surface area contributed by atoms with E-state index in [1.54, 1.807) is 18.7 Å². The van der Waals surface area contributed by atoms with Crippen LogP contribution in [0.4, 0.5) is 0 Å². The smallest absolute Gasteiger partial charge is 0.230 e. The lowest BCUT2D eigenvalue weighted by Gasteiger charge is -2.29. The number of carbonyl (C=O) groups excluding carboxylic acids is 1. The fourth-order valence-corrected chi connectivity index (χ4v) is 1.42. The highest BCUT2D eigenvalue weighted by atomic mass is 32.2. The van der Waals surface area contributed by atoms with Crippen LogP contribution in [0.5, 0.6) is 0 Å². The molecule has 1 unspecified atom stereocenters. The lowest BCUT2D eigenvalue weighted by molar-refractivity contribution is -0.121. The molecule has 0 radical (unpaired) electrons. The van der Waals surface area contributed by atoms with Crippen LogP contribution in [-0.4, -0.2) is 33.2 Å². The number of hydrogen-bond donors (Lipinski definition) is 2. The van der Waals surface area contributed by atoms with Crippen LogP contribution < -0.4 is 5.32 Å². The number of aliphatic hydroxyl groups is 1. The number of carbonyl (C=O) groups is 1. The van der Waals surface area contributed by atoms with Crippen molar-refractivity contribution >= 4 is 17.7 Å². The van der Waals surface area contributed by atoms with Crippen molar-refractivity contribution in [2.24, 2.45) is 0 Å². The minimum atomic E-state index is -0.560. The van der Waals surface area contributed by atoms with Crippen LogP contribution in [0.3, 0.4) is 0 Å². The van der Waals surface area contributed by atoms with Crippen LogP contribution in [0, 0.1) is 0 Å². The molecule has 3 nitrogen and oxygen atoms in total. The van der Waals surface area contributed by atoms with E-state index in [2.05, 4.69) is 26.1 Å². The maximum atomic E-state index is 11.6. The molecule has 2 N–H and O–H groups in total. The Labute approximate surface area is 97.0 Å². The molecular formula is C11H23NO2S. The van der Waals surface area contributed by atoms with Crippen molar-refractivity contribution in [1.29, 1.82) is 0 Å². The van der Waals surface area contributed by atoms with Crippen LogP contribution in [0.2, 0.25) is 0 Å². The normalized spacial score (nSPS) is 14.9. The third kappa shape index (κ3) is 6.79. The summed E-state index contributed by atoms with van der Waals surface area (Å²) < 4.78 is 0.0896. The fraction of sp³-hybridized carbons (Fsp3) is 0.909. The Morgan fingerprint density at radius 3 is 2.13 bits per heavy atom. The Morgan fingerprint density at radius 2 is 1.80 bits per heavy atom. The van der Waals surface area contributed by atoms with E-state index in [4.69, 9.17) is 0 Å². The SMILES string of the molecule is CC(O)C(C)(C)NC(=O)CSC(C)(C)C. The maximum absolute atomic E-state index is 11.6. The lowest BCUT2D eigenvalue weighted by atomic mass is 9.99. The van der Waals surface area contributed by atoms with Gasteiger partial charge in [0.1, 0.15) is 0 Å². The molecule has 1 atom stereocenters. The first-order valence-electron chi connectivity index (χ1n) is 5.17. The number of aliphatic hydroxyl groups excluding tert-OH is 1. The third-order valence-electron chi connectivity index (χ3n) is 2.14. The van der Waals surface area contributed by atoms with Crippen molar-refractivity contribution in [3.05, 3.63) is 0 Å². The van der Waals surface area contributed by atoms with E-state index in [1.807, 2.05) is 13.8 Å². The zero-order chi connectivity index (χ0) is 12.3. The lowest BCUT2D eigenvalue weighted by Crippen LogP contribution is -2.51. The first-order valence-corrected chi connectivity index (χ1v) is 6.16. The Hall–Kier alpha value is -0.220. The zero-order valence-electron chi connectivity index (χ0n) is 10.5. The van der Waals surface area contributed by atoms with Crippen LogP contribution in [0.1, 0.15) is 41.5 Å². The Bertz CT molecular complexity index is 219. The molecule has 0 heterocycles. The first-order chi connectivity index (χ1) is 6.54. The third-order valence-corrected chi connectivity index (χ3v) is 3.41. The summed E-state index contributed by atoms with van der Waals surface area (Å²) in [7, 11) is 0. The second-order valence-electron chi connectivity index (χ2n) is 5.35. The molecule has 15 heavy (non-hydrogen) atoms. The van der Waals surface area contributed by atoms with Crippen molar-refractivity contribution in [2.75, 3.05) is 5.75 Å². The van der Waals surface area contributed by atoms with E-state index in [-0.39, 0.29) is 10.7 Å². The van der Waals surface area contributed by atoms with Gasteiger partial charge in [-0.2, -0.15) is 0 Å². The Balaban J connectivity index is 4.05. The van der Waals surface area contributed by atoms with Crippen molar-refractivity contribution in [1.82, 2.24) is 5.32 Å². The van der Waals surface area contributed by atoms with E-state index in [0.29, 0.717) is 5.75 Å². The number of hydrogen-bond acceptors (Lipinski definition) is 3. The van der Waals surface area contributed by atoms with Gasteiger partial charge >= 0.3 is 0 Å². The molecule has 0 aromatic carbocycles. The number of rotatable bonds is 4. The average molecular weight is 233 g/mol. The van der Waals surface area contributed by atoms with Gasteiger partial charge in [0, 0.05) is 4.75 Å². The molecule has 1 amide bonds. The molecule has 0 saturated heterocycles. The van der Waals surface area contributed by atoms with Crippen molar-refractivity contribution in [2.45, 2.75) is 57.9 Å². The zero-order valence-corrected chi connectivity index (χ0v) is 11.4. The minimum absolute atomic E-state index is 0.0270. The second kappa shape index (κ2) is 5.21. The predicted octanol–water partition coefficient (Wildman–Crippen LogP) is 1.79. The van der Waals surface area contributed by atoms with Crippen LogP contribution in [-0.2, 0) is 4.79 Å². The summed E-state index contributed by atoms with van der Waals surface area (Å²) in [6, 6.07) is 0. The quantitative estimate of drug-likeness (QED) is 0.778. The summed E-state index contributed by atoms with van der Waals surface area (Å²) in [6.45, 7) is 11.5. The highest BCUT2D eigenvalue weighted by Gasteiger charge is 2.26. The average Bonchev–Trinajstić information content (AvgIpc) is 1.98. The standard InChI is InChI=1S/C11H23NO2S/c1-8(13)11(5,6)12-9(14)7-15-10(2,3)4/h8,13H,7H2,1-6H3,(H,12,14). The molecule has 0 saturated carbocycles. The molecule has 0 aliphatic rings. The number of thioether (sulfide) groups is 1. The summed E-state index contributed by atoms with van der Waals surface area (Å²) in [6.07, 6.45) is -0.555. The van der Waals surface area contributed by atoms with E-state index in [9.17, 15) is 9.90 Å². The van der Waals surface area contributed by atoms with Gasteiger partial charge in [-0.25, -0.2) is 0 Å². The van der Waals surface area contributed by atoms with E-state index in [1.165, 1.54) is 0 Å². The van der Waals surface area contributed by atoms with Gasteiger partial charge in [-0.05, 0) is 20.8 Å². The molecule has 0 aliphatic carbocycles. The molecular weight excluding hydrogens is 210 g/mol. The summed E-state index contributed by atoms with van der Waals surface area (Å²) >= 11 is 1.60. The molecule has 4 heteroatoms. The van der Waals surface area contributed by atoms with Gasteiger partial charge in [0.05, 0.1) is 17.4 Å². The van der Waals surface area contributed by atoms with Gasteiger partial charge in [0.2, 0.25) is 5.91 Å². The van der Waals surface area contributed by atoms with Gasteiger partial charge < -0.3 is 10.4 Å². The maximum Gasteiger partial charge on any atom is 0.230 e. The number of amides is 1. The van der Waals surface area contributed by atoms with Gasteiger partial charge in [-0.3, -0.25) is 4.79 Å². The second-order valence-corrected chi connectivity index (χ2v) is 7.15. The molecule has 0 aromatic heterocycles. The molecule has 0 aliphatic heterocycles. The van der Waals surface area contributed by atoms with Gasteiger partial charge in [0.25, 0.3) is 0 Å². The number of nitrogens with one attached hydrogen (secondary N) is 1. The summed E-state index contributed by atoms with van der Waals surface area (Å²) in [5, 5.41) is 12.3. The summed E-state index contributed by atoms with van der Waals surface area (Å²) in [5.41, 5.74) is -0.560. The van der Waals surface area contributed by atoms with Crippen LogP contribution in [0.15, 0.2) is 0 Å². The van der Waals surface area contributed by atoms with E-state index < -0.39 is 11.6 Å². The Kier molecular flexibility index (Phi) is 5.14. The summed E-state index contributed by atoms with van der Waals surface area (Å²) in [5.74, 6) is 0.403. The monoisotopic (exact) mass is 233 g/mol. The topological polar surface area (TPSA) is 49.3 Å². The van der Waals surface area contributed by atoms with Crippen molar-refractivity contribution in [3.63, 3.8) is 0 Å². The molecule has 90 valence electrons.